The van der Waals surface area contributed by atoms with E-state index in [1.165, 1.54) is 42.7 Å². The molecule has 0 fully saturated rings. The molecule has 2 heterocycles. The molecule has 8 nitrogen and oxygen atoms in total. The minimum absolute atomic E-state index is 0.175. The molecule has 0 spiro atoms. The third-order valence-corrected chi connectivity index (χ3v) is 4.64. The summed E-state index contributed by atoms with van der Waals surface area (Å²) in [5.74, 6) is 0.0702. The first-order chi connectivity index (χ1) is 15.6. The Labute approximate surface area is 182 Å². The first-order valence-electron chi connectivity index (χ1n) is 9.88. The fourth-order valence-corrected chi connectivity index (χ4v) is 3.02. The molecule has 2 aromatic heterocycles. The first-order valence-corrected chi connectivity index (χ1v) is 9.88. The molecule has 0 radical (unpaired) electrons. The molecule has 0 aliphatic heterocycles. The number of hydrogen-bond donors (Lipinski definition) is 2. The maximum absolute atomic E-state index is 13.0. The van der Waals surface area contributed by atoms with Gasteiger partial charge in [0.25, 0.3) is 5.91 Å². The van der Waals surface area contributed by atoms with Gasteiger partial charge in [-0.15, -0.1) is 0 Å². The van der Waals surface area contributed by atoms with Gasteiger partial charge in [0.05, 0.1) is 18.1 Å². The largest absolute Gasteiger partial charge is 0.484 e. The smallest absolute Gasteiger partial charge is 0.258 e. The number of rotatable bonds is 9. The molecule has 2 N–H and O–H groups in total. The van der Waals surface area contributed by atoms with Crippen LogP contribution in [0.3, 0.4) is 0 Å². The van der Waals surface area contributed by atoms with Gasteiger partial charge in [0.1, 0.15) is 29.5 Å². The molecule has 0 saturated heterocycles. The Balaban J connectivity index is 1.29. The second-order valence-corrected chi connectivity index (χ2v) is 6.90. The molecule has 0 aliphatic carbocycles. The monoisotopic (exact) mass is 438 g/mol. The van der Waals surface area contributed by atoms with Gasteiger partial charge in [0, 0.05) is 13.1 Å². The maximum atomic E-state index is 13.0. The van der Waals surface area contributed by atoms with Crippen molar-refractivity contribution in [2.24, 2.45) is 0 Å². The molecule has 0 aliphatic rings. The summed E-state index contributed by atoms with van der Waals surface area (Å²) in [5.41, 5.74) is 1.54. The predicted molar refractivity (Wildman–Crippen MR) is 114 cm³/mol. The molecule has 32 heavy (non-hydrogen) atoms. The number of fused-ring (bicyclic) bond motifs is 1. The molecule has 10 heteroatoms. The highest BCUT2D eigenvalue weighted by Gasteiger charge is 2.10. The van der Waals surface area contributed by atoms with E-state index in [-0.39, 0.29) is 24.1 Å². The molecule has 4 aromatic rings. The van der Waals surface area contributed by atoms with E-state index in [0.29, 0.717) is 36.8 Å². The Kier molecular flexibility index (Phi) is 6.49. The van der Waals surface area contributed by atoms with E-state index < -0.39 is 0 Å². The topological polar surface area (TPSA) is 94.0 Å². The minimum Gasteiger partial charge on any atom is -0.484 e. The molecule has 1 amide bonds. The third-order valence-electron chi connectivity index (χ3n) is 4.64. The van der Waals surface area contributed by atoms with Crippen LogP contribution in [-0.4, -0.2) is 38.8 Å². The summed E-state index contributed by atoms with van der Waals surface area (Å²) in [5, 5.41) is 11.0. The van der Waals surface area contributed by atoms with Crippen molar-refractivity contribution in [3.05, 3.63) is 78.3 Å². The fourth-order valence-electron chi connectivity index (χ4n) is 3.02. The standard InChI is InChI=1S/C22H20F2N6O2/c23-16-3-1-15(2-4-16)11-26-21-19-12-29-30(22(19)28-14-27-21)10-9-25-20(31)13-32-18-7-5-17(24)6-8-18/h1-8,12,14H,9-11,13H2,(H,25,31)(H,26,27,28). The van der Waals surface area contributed by atoms with Crippen LogP contribution in [0.5, 0.6) is 5.75 Å². The van der Waals surface area contributed by atoms with E-state index >= 15 is 0 Å². The van der Waals surface area contributed by atoms with Crippen LogP contribution in [-0.2, 0) is 17.9 Å². The summed E-state index contributed by atoms with van der Waals surface area (Å²) < 4.78 is 32.9. The Morgan fingerprint density at radius 2 is 1.72 bits per heavy atom. The van der Waals surface area contributed by atoms with Gasteiger partial charge in [-0.2, -0.15) is 5.10 Å². The van der Waals surface area contributed by atoms with Gasteiger partial charge in [-0.3, -0.25) is 4.79 Å². The normalized spacial score (nSPS) is 10.8. The van der Waals surface area contributed by atoms with Crippen LogP contribution in [0, 0.1) is 11.6 Å². The van der Waals surface area contributed by atoms with Crippen molar-refractivity contribution in [1.29, 1.82) is 0 Å². The van der Waals surface area contributed by atoms with Crippen LogP contribution >= 0.6 is 0 Å². The van der Waals surface area contributed by atoms with Crippen LogP contribution in [0.15, 0.2) is 61.1 Å². The molecule has 0 unspecified atom stereocenters. The number of ether oxygens (including phenoxy) is 1. The van der Waals surface area contributed by atoms with Gasteiger partial charge in [-0.1, -0.05) is 12.1 Å². The van der Waals surface area contributed by atoms with Crippen LogP contribution in [0.1, 0.15) is 5.56 Å². The number of halogens is 2. The number of carbonyl (C=O) groups is 1. The highest BCUT2D eigenvalue weighted by Crippen LogP contribution is 2.19. The number of anilines is 1. The lowest BCUT2D eigenvalue weighted by molar-refractivity contribution is -0.123. The lowest BCUT2D eigenvalue weighted by atomic mass is 10.2. The van der Waals surface area contributed by atoms with E-state index in [2.05, 4.69) is 25.7 Å². The van der Waals surface area contributed by atoms with Crippen LogP contribution in [0.2, 0.25) is 0 Å². The van der Waals surface area contributed by atoms with E-state index in [9.17, 15) is 13.6 Å². The summed E-state index contributed by atoms with van der Waals surface area (Å²) in [6, 6.07) is 11.7. The second-order valence-electron chi connectivity index (χ2n) is 6.90. The number of hydrogen-bond acceptors (Lipinski definition) is 6. The molecule has 2 aromatic carbocycles. The summed E-state index contributed by atoms with van der Waals surface area (Å²) in [6.07, 6.45) is 3.09. The number of aromatic nitrogens is 4. The lowest BCUT2D eigenvalue weighted by Crippen LogP contribution is -2.31. The second kappa shape index (κ2) is 9.82. The highest BCUT2D eigenvalue weighted by molar-refractivity contribution is 5.86. The number of benzene rings is 2. The van der Waals surface area contributed by atoms with Gasteiger partial charge in [0.2, 0.25) is 0 Å². The Morgan fingerprint density at radius 3 is 2.47 bits per heavy atom. The van der Waals surface area contributed by atoms with Crippen molar-refractivity contribution < 1.29 is 18.3 Å². The van der Waals surface area contributed by atoms with Crippen molar-refractivity contribution in [2.75, 3.05) is 18.5 Å². The van der Waals surface area contributed by atoms with Gasteiger partial charge >= 0.3 is 0 Å². The Morgan fingerprint density at radius 1 is 1.00 bits per heavy atom. The number of nitrogens with one attached hydrogen (secondary N) is 2. The molecule has 0 atom stereocenters. The molecule has 0 saturated carbocycles. The van der Waals surface area contributed by atoms with E-state index in [1.807, 2.05) is 0 Å². The van der Waals surface area contributed by atoms with Crippen molar-refractivity contribution in [3.8, 4) is 5.75 Å². The molecule has 0 bridgehead atoms. The molecule has 164 valence electrons. The molecular weight excluding hydrogens is 418 g/mol. The van der Waals surface area contributed by atoms with Gasteiger partial charge < -0.3 is 15.4 Å². The van der Waals surface area contributed by atoms with Crippen molar-refractivity contribution in [2.45, 2.75) is 13.1 Å². The van der Waals surface area contributed by atoms with Crippen LogP contribution in [0.25, 0.3) is 11.0 Å². The predicted octanol–water partition coefficient (Wildman–Crippen LogP) is 2.91. The SMILES string of the molecule is O=C(COc1ccc(F)cc1)NCCn1ncc2c(NCc3ccc(F)cc3)ncnc21. The summed E-state index contributed by atoms with van der Waals surface area (Å²) in [7, 11) is 0. The molecular formula is C22H20F2N6O2. The quantitative estimate of drug-likeness (QED) is 0.417. The Bertz CT molecular complexity index is 1200. The van der Waals surface area contributed by atoms with E-state index in [1.54, 1.807) is 23.0 Å². The van der Waals surface area contributed by atoms with Gasteiger partial charge in [-0.25, -0.2) is 23.4 Å². The van der Waals surface area contributed by atoms with E-state index in [4.69, 9.17) is 4.74 Å². The summed E-state index contributed by atoms with van der Waals surface area (Å²) in [6.45, 7) is 1.03. The minimum atomic E-state index is -0.370. The zero-order valence-electron chi connectivity index (χ0n) is 17.0. The highest BCUT2D eigenvalue weighted by atomic mass is 19.1. The summed E-state index contributed by atoms with van der Waals surface area (Å²) in [4.78, 5) is 20.5. The zero-order chi connectivity index (χ0) is 22.3. The van der Waals surface area contributed by atoms with E-state index in [0.717, 1.165) is 10.9 Å². The van der Waals surface area contributed by atoms with Crippen molar-refractivity contribution in [3.63, 3.8) is 0 Å². The van der Waals surface area contributed by atoms with Crippen LogP contribution in [0.4, 0.5) is 14.6 Å². The van der Waals surface area contributed by atoms with Crippen molar-refractivity contribution in [1.82, 2.24) is 25.1 Å². The Hall–Kier alpha value is -4.08. The molecule has 4 rings (SSSR count). The van der Waals surface area contributed by atoms with Crippen LogP contribution < -0.4 is 15.4 Å². The average molecular weight is 438 g/mol. The fraction of sp³-hybridized carbons (Fsp3) is 0.182. The summed E-state index contributed by atoms with van der Waals surface area (Å²) >= 11 is 0. The maximum Gasteiger partial charge on any atom is 0.258 e. The van der Waals surface area contributed by atoms with Gasteiger partial charge in [-0.05, 0) is 42.0 Å². The number of amides is 1. The zero-order valence-corrected chi connectivity index (χ0v) is 17.0. The number of nitrogens with zero attached hydrogens (tertiary/aromatic N) is 4. The third kappa shape index (κ3) is 5.34. The van der Waals surface area contributed by atoms with Gasteiger partial charge in [0.15, 0.2) is 12.3 Å². The first kappa shape index (κ1) is 21.2. The van der Waals surface area contributed by atoms with Crippen molar-refractivity contribution >= 4 is 22.8 Å². The number of carbonyl (C=O) groups excluding carboxylic acids is 1. The lowest BCUT2D eigenvalue weighted by Gasteiger charge is -2.09. The average Bonchev–Trinajstić information content (AvgIpc) is 3.22.